The van der Waals surface area contributed by atoms with E-state index in [9.17, 15) is 5.11 Å². The molecule has 0 spiro atoms. The van der Waals surface area contributed by atoms with Gasteiger partial charge in [-0.15, -0.1) is 0 Å². The Hall–Kier alpha value is -1.75. The van der Waals surface area contributed by atoms with Gasteiger partial charge in [0.1, 0.15) is 0 Å². The van der Waals surface area contributed by atoms with Crippen molar-refractivity contribution in [2.75, 3.05) is 13.7 Å². The summed E-state index contributed by atoms with van der Waals surface area (Å²) in [5.74, 6) is 0. The van der Waals surface area contributed by atoms with E-state index in [1.807, 2.05) is 0 Å². The fourth-order valence-electron chi connectivity index (χ4n) is 3.79. The van der Waals surface area contributed by atoms with E-state index in [0.29, 0.717) is 12.1 Å². The van der Waals surface area contributed by atoms with E-state index >= 15 is 0 Å². The van der Waals surface area contributed by atoms with Gasteiger partial charge in [-0.1, -0.05) is 30.3 Å². The molecule has 25 heavy (non-hydrogen) atoms. The van der Waals surface area contributed by atoms with E-state index in [-0.39, 0.29) is 12.0 Å². The second-order valence-electron chi connectivity index (χ2n) is 7.83. The lowest BCUT2D eigenvalue weighted by Gasteiger charge is -2.39. The topological polar surface area (TPSA) is 62.4 Å². The molecule has 0 aliphatic heterocycles. The molecule has 4 rings (SSSR count). The Morgan fingerprint density at radius 1 is 1.16 bits per heavy atom. The lowest BCUT2D eigenvalue weighted by atomic mass is 9.86. The standard InChI is InChI=1S/C21H27N3O/c1-24(19-11-17(22)12-19)13-18-3-2-4-20(23-18)15-5-7-16(8-6-15)21(14-25)9-10-21/h2-8,17,19,25H,9-14,22H2,1H3. The molecule has 0 radical (unpaired) electrons. The summed E-state index contributed by atoms with van der Waals surface area (Å²) < 4.78 is 0. The number of aliphatic hydroxyl groups excluding tert-OH is 1. The normalized spacial score (nSPS) is 24.2. The average Bonchev–Trinajstić information content (AvgIpc) is 3.41. The van der Waals surface area contributed by atoms with E-state index in [2.05, 4.69) is 54.4 Å². The van der Waals surface area contributed by atoms with E-state index in [0.717, 1.165) is 49.2 Å². The number of nitrogens with two attached hydrogens (primary N) is 1. The zero-order valence-electron chi connectivity index (χ0n) is 14.9. The van der Waals surface area contributed by atoms with Gasteiger partial charge in [0.2, 0.25) is 0 Å². The summed E-state index contributed by atoms with van der Waals surface area (Å²) in [6.45, 7) is 1.11. The van der Waals surface area contributed by atoms with Gasteiger partial charge in [-0.3, -0.25) is 9.88 Å². The Balaban J connectivity index is 1.47. The third kappa shape index (κ3) is 3.34. The van der Waals surface area contributed by atoms with Crippen LogP contribution in [-0.4, -0.2) is 40.7 Å². The van der Waals surface area contributed by atoms with Crippen LogP contribution in [0.3, 0.4) is 0 Å². The predicted octanol–water partition coefficient (Wildman–Crippen LogP) is 2.69. The molecule has 2 saturated carbocycles. The smallest absolute Gasteiger partial charge is 0.0705 e. The third-order valence-electron chi connectivity index (χ3n) is 5.94. The quantitative estimate of drug-likeness (QED) is 0.851. The van der Waals surface area contributed by atoms with Crippen LogP contribution in [0.2, 0.25) is 0 Å². The molecule has 0 bridgehead atoms. The monoisotopic (exact) mass is 337 g/mol. The van der Waals surface area contributed by atoms with Crippen LogP contribution < -0.4 is 5.73 Å². The summed E-state index contributed by atoms with van der Waals surface area (Å²) in [7, 11) is 2.16. The van der Waals surface area contributed by atoms with Crippen molar-refractivity contribution in [1.29, 1.82) is 0 Å². The van der Waals surface area contributed by atoms with E-state index < -0.39 is 0 Å². The number of aliphatic hydroxyl groups is 1. The highest BCUT2D eigenvalue weighted by Gasteiger charge is 2.43. The summed E-state index contributed by atoms with van der Waals surface area (Å²) in [6, 6.07) is 15.8. The minimum absolute atomic E-state index is 0.0279. The molecule has 2 aromatic rings. The van der Waals surface area contributed by atoms with E-state index in [4.69, 9.17) is 10.7 Å². The first kappa shape index (κ1) is 16.7. The van der Waals surface area contributed by atoms with Crippen LogP contribution in [0.5, 0.6) is 0 Å². The third-order valence-corrected chi connectivity index (χ3v) is 5.94. The maximum Gasteiger partial charge on any atom is 0.0705 e. The van der Waals surface area contributed by atoms with Gasteiger partial charge in [0.25, 0.3) is 0 Å². The number of hydrogen-bond acceptors (Lipinski definition) is 4. The molecule has 0 saturated heterocycles. The minimum Gasteiger partial charge on any atom is -0.395 e. The van der Waals surface area contributed by atoms with Crippen LogP contribution in [0.25, 0.3) is 11.3 Å². The SMILES string of the molecule is CN(Cc1cccc(-c2ccc(C3(CO)CC3)cc2)n1)C1CC(N)C1. The number of hydrogen-bond donors (Lipinski definition) is 2. The van der Waals surface area contributed by atoms with Gasteiger partial charge in [-0.2, -0.15) is 0 Å². The fraction of sp³-hybridized carbons (Fsp3) is 0.476. The number of aromatic nitrogens is 1. The first-order valence-electron chi connectivity index (χ1n) is 9.23. The minimum atomic E-state index is 0.0279. The highest BCUT2D eigenvalue weighted by molar-refractivity contribution is 5.60. The zero-order valence-corrected chi connectivity index (χ0v) is 14.9. The highest BCUT2D eigenvalue weighted by Crippen LogP contribution is 2.47. The number of nitrogens with zero attached hydrogens (tertiary/aromatic N) is 2. The van der Waals surface area contributed by atoms with Crippen molar-refractivity contribution in [1.82, 2.24) is 9.88 Å². The van der Waals surface area contributed by atoms with E-state index in [1.165, 1.54) is 5.56 Å². The maximum absolute atomic E-state index is 9.58. The average molecular weight is 337 g/mol. The van der Waals surface area contributed by atoms with Crippen LogP contribution >= 0.6 is 0 Å². The van der Waals surface area contributed by atoms with Crippen molar-refractivity contribution in [2.24, 2.45) is 5.73 Å². The summed E-state index contributed by atoms with van der Waals surface area (Å²) in [6.07, 6.45) is 4.36. The number of benzene rings is 1. The van der Waals surface area contributed by atoms with Gasteiger partial charge < -0.3 is 10.8 Å². The summed E-state index contributed by atoms with van der Waals surface area (Å²) >= 11 is 0. The van der Waals surface area contributed by atoms with Crippen molar-refractivity contribution < 1.29 is 5.11 Å². The molecule has 4 heteroatoms. The summed E-state index contributed by atoms with van der Waals surface area (Å²) in [4.78, 5) is 7.21. The molecule has 0 amide bonds. The van der Waals surface area contributed by atoms with Crippen LogP contribution in [-0.2, 0) is 12.0 Å². The van der Waals surface area contributed by atoms with Crippen LogP contribution in [0.15, 0.2) is 42.5 Å². The Morgan fingerprint density at radius 2 is 1.88 bits per heavy atom. The largest absolute Gasteiger partial charge is 0.395 e. The molecule has 1 aromatic heterocycles. The van der Waals surface area contributed by atoms with Gasteiger partial charge in [0, 0.05) is 29.6 Å². The lowest BCUT2D eigenvalue weighted by molar-refractivity contribution is 0.131. The molecule has 2 aliphatic carbocycles. The van der Waals surface area contributed by atoms with E-state index in [1.54, 1.807) is 0 Å². The van der Waals surface area contributed by atoms with Gasteiger partial charge in [-0.05, 0) is 50.4 Å². The van der Waals surface area contributed by atoms with Crippen molar-refractivity contribution in [2.45, 2.75) is 49.7 Å². The van der Waals surface area contributed by atoms with Gasteiger partial charge >= 0.3 is 0 Å². The number of rotatable bonds is 6. The second kappa shape index (κ2) is 6.52. The highest BCUT2D eigenvalue weighted by atomic mass is 16.3. The second-order valence-corrected chi connectivity index (χ2v) is 7.83. The van der Waals surface area contributed by atoms with Gasteiger partial charge in [0.15, 0.2) is 0 Å². The Labute approximate surface area is 149 Å². The fourth-order valence-corrected chi connectivity index (χ4v) is 3.79. The van der Waals surface area contributed by atoms with Crippen LogP contribution in [0.1, 0.15) is 36.9 Å². The zero-order chi connectivity index (χ0) is 17.4. The Kier molecular flexibility index (Phi) is 4.36. The van der Waals surface area contributed by atoms with Gasteiger partial charge in [-0.25, -0.2) is 0 Å². The Morgan fingerprint density at radius 3 is 2.48 bits per heavy atom. The van der Waals surface area contributed by atoms with Crippen LogP contribution in [0, 0.1) is 0 Å². The molecule has 2 aliphatic rings. The molecule has 0 unspecified atom stereocenters. The molecular weight excluding hydrogens is 310 g/mol. The molecule has 0 atom stereocenters. The predicted molar refractivity (Wildman–Crippen MR) is 100 cm³/mol. The number of pyridine rings is 1. The molecule has 132 valence electrons. The van der Waals surface area contributed by atoms with Crippen molar-refractivity contribution in [3.05, 3.63) is 53.7 Å². The van der Waals surface area contributed by atoms with Crippen molar-refractivity contribution >= 4 is 0 Å². The summed E-state index contributed by atoms with van der Waals surface area (Å²) in [5.41, 5.74) is 10.4. The molecule has 4 nitrogen and oxygen atoms in total. The molecule has 3 N–H and O–H groups in total. The molecule has 1 aromatic carbocycles. The first-order chi connectivity index (χ1) is 12.1. The molecule has 1 heterocycles. The lowest BCUT2D eigenvalue weighted by Crippen LogP contribution is -2.48. The van der Waals surface area contributed by atoms with Crippen molar-refractivity contribution in [3.8, 4) is 11.3 Å². The summed E-state index contributed by atoms with van der Waals surface area (Å²) in [5, 5.41) is 9.58. The van der Waals surface area contributed by atoms with Gasteiger partial charge in [0.05, 0.1) is 18.0 Å². The molecular formula is C21H27N3O. The van der Waals surface area contributed by atoms with Crippen molar-refractivity contribution in [3.63, 3.8) is 0 Å². The van der Waals surface area contributed by atoms with Crippen LogP contribution in [0.4, 0.5) is 0 Å². The first-order valence-corrected chi connectivity index (χ1v) is 9.23. The Bertz CT molecular complexity index is 733. The molecule has 2 fully saturated rings. The maximum atomic E-state index is 9.58.